The van der Waals surface area contributed by atoms with Crippen LogP contribution in [0.2, 0.25) is 0 Å². The zero-order valence-corrected chi connectivity index (χ0v) is 8.76. The molecule has 0 atom stereocenters. The maximum atomic E-state index is 9.17. The molecule has 0 radical (unpaired) electrons. The van der Waals surface area contributed by atoms with Gasteiger partial charge < -0.3 is 15.0 Å². The highest BCUT2D eigenvalue weighted by molar-refractivity contribution is 5.04. The van der Waals surface area contributed by atoms with Gasteiger partial charge in [-0.05, 0) is 25.7 Å². The third-order valence-electron chi connectivity index (χ3n) is 3.37. The second-order valence-electron chi connectivity index (χ2n) is 4.73. The third-order valence-corrected chi connectivity index (χ3v) is 3.37. The standard InChI is InChI=1S/C11H17N3O/c15-11-3-8(4-11)13-6-10-5-12-7-14(10)9-1-2-9/h5,7-9,11,13,15H,1-4,6H2. The van der Waals surface area contributed by atoms with Gasteiger partial charge in [0.05, 0.1) is 18.1 Å². The predicted octanol–water partition coefficient (Wildman–Crippen LogP) is 0.831. The minimum absolute atomic E-state index is 0.0733. The van der Waals surface area contributed by atoms with Crippen LogP contribution in [0.15, 0.2) is 12.5 Å². The molecule has 4 nitrogen and oxygen atoms in total. The highest BCUT2D eigenvalue weighted by atomic mass is 16.3. The summed E-state index contributed by atoms with van der Waals surface area (Å²) in [7, 11) is 0. The molecule has 2 N–H and O–H groups in total. The van der Waals surface area contributed by atoms with Gasteiger partial charge in [-0.15, -0.1) is 0 Å². The second-order valence-corrected chi connectivity index (χ2v) is 4.73. The van der Waals surface area contributed by atoms with Gasteiger partial charge in [0.25, 0.3) is 0 Å². The Morgan fingerprint density at radius 1 is 1.47 bits per heavy atom. The van der Waals surface area contributed by atoms with Gasteiger partial charge in [-0.3, -0.25) is 0 Å². The largest absolute Gasteiger partial charge is 0.393 e. The van der Waals surface area contributed by atoms with Gasteiger partial charge in [0.2, 0.25) is 0 Å². The minimum atomic E-state index is -0.0733. The SMILES string of the molecule is OC1CC(NCc2cncn2C2CC2)C1. The molecule has 2 aliphatic rings. The van der Waals surface area contributed by atoms with Gasteiger partial charge in [0.15, 0.2) is 0 Å². The van der Waals surface area contributed by atoms with Gasteiger partial charge in [-0.25, -0.2) is 4.98 Å². The molecular weight excluding hydrogens is 190 g/mol. The van der Waals surface area contributed by atoms with Crippen LogP contribution in [0.3, 0.4) is 0 Å². The van der Waals surface area contributed by atoms with E-state index in [1.54, 1.807) is 0 Å². The summed E-state index contributed by atoms with van der Waals surface area (Å²) in [6.07, 6.45) is 8.20. The van der Waals surface area contributed by atoms with Gasteiger partial charge in [-0.2, -0.15) is 0 Å². The van der Waals surface area contributed by atoms with Crippen molar-refractivity contribution in [3.8, 4) is 0 Å². The lowest BCUT2D eigenvalue weighted by Gasteiger charge is -2.32. The van der Waals surface area contributed by atoms with Crippen molar-refractivity contribution in [1.29, 1.82) is 0 Å². The van der Waals surface area contributed by atoms with Crippen LogP contribution in [0.1, 0.15) is 37.4 Å². The lowest BCUT2D eigenvalue weighted by Crippen LogP contribution is -2.43. The monoisotopic (exact) mass is 207 g/mol. The summed E-state index contributed by atoms with van der Waals surface area (Å²) in [4.78, 5) is 4.19. The molecule has 82 valence electrons. The Bertz CT molecular complexity index is 339. The Morgan fingerprint density at radius 2 is 2.27 bits per heavy atom. The maximum Gasteiger partial charge on any atom is 0.0951 e. The van der Waals surface area contributed by atoms with E-state index in [1.807, 2.05) is 12.5 Å². The van der Waals surface area contributed by atoms with Crippen molar-refractivity contribution in [2.24, 2.45) is 0 Å². The molecule has 3 rings (SSSR count). The lowest BCUT2D eigenvalue weighted by atomic mass is 9.89. The Balaban J connectivity index is 1.55. The predicted molar refractivity (Wildman–Crippen MR) is 56.4 cm³/mol. The molecule has 0 bridgehead atoms. The zero-order chi connectivity index (χ0) is 10.3. The fourth-order valence-electron chi connectivity index (χ4n) is 2.15. The number of nitrogens with one attached hydrogen (secondary N) is 1. The number of hydrogen-bond donors (Lipinski definition) is 2. The van der Waals surface area contributed by atoms with Crippen LogP contribution >= 0.6 is 0 Å². The Hall–Kier alpha value is -0.870. The summed E-state index contributed by atoms with van der Waals surface area (Å²) in [6.45, 7) is 0.883. The van der Waals surface area contributed by atoms with Crippen LogP contribution in [-0.4, -0.2) is 26.8 Å². The smallest absolute Gasteiger partial charge is 0.0951 e. The Kier molecular flexibility index (Phi) is 2.25. The summed E-state index contributed by atoms with van der Waals surface area (Å²) < 4.78 is 2.28. The van der Waals surface area contributed by atoms with Gasteiger partial charge in [-0.1, -0.05) is 0 Å². The molecule has 2 fully saturated rings. The van der Waals surface area contributed by atoms with E-state index >= 15 is 0 Å². The first-order chi connectivity index (χ1) is 7.33. The van der Waals surface area contributed by atoms with E-state index in [0.717, 1.165) is 19.4 Å². The number of hydrogen-bond acceptors (Lipinski definition) is 3. The molecule has 0 saturated heterocycles. The number of rotatable bonds is 4. The van der Waals surface area contributed by atoms with E-state index < -0.39 is 0 Å². The number of nitrogens with zero attached hydrogens (tertiary/aromatic N) is 2. The van der Waals surface area contributed by atoms with Gasteiger partial charge in [0, 0.05) is 24.8 Å². The fourth-order valence-corrected chi connectivity index (χ4v) is 2.15. The van der Waals surface area contributed by atoms with Crippen LogP contribution < -0.4 is 5.32 Å². The molecule has 0 unspecified atom stereocenters. The molecule has 2 saturated carbocycles. The molecule has 0 aliphatic heterocycles. The number of aliphatic hydroxyl groups is 1. The van der Waals surface area contributed by atoms with Crippen molar-refractivity contribution in [3.05, 3.63) is 18.2 Å². The molecule has 1 heterocycles. The van der Waals surface area contributed by atoms with Crippen molar-refractivity contribution < 1.29 is 5.11 Å². The van der Waals surface area contributed by atoms with E-state index in [-0.39, 0.29) is 6.10 Å². The summed E-state index contributed by atoms with van der Waals surface area (Å²) >= 11 is 0. The maximum absolute atomic E-state index is 9.17. The zero-order valence-electron chi connectivity index (χ0n) is 8.76. The van der Waals surface area contributed by atoms with Crippen LogP contribution in [0, 0.1) is 0 Å². The molecule has 1 aromatic rings. The van der Waals surface area contributed by atoms with E-state index in [9.17, 15) is 5.11 Å². The summed E-state index contributed by atoms with van der Waals surface area (Å²) in [5.74, 6) is 0. The van der Waals surface area contributed by atoms with Crippen LogP contribution in [-0.2, 0) is 6.54 Å². The molecule has 2 aliphatic carbocycles. The summed E-state index contributed by atoms with van der Waals surface area (Å²) in [5, 5.41) is 12.6. The topological polar surface area (TPSA) is 50.1 Å². The van der Waals surface area contributed by atoms with E-state index in [1.165, 1.54) is 18.5 Å². The van der Waals surface area contributed by atoms with Crippen LogP contribution in [0.25, 0.3) is 0 Å². The molecule has 1 aromatic heterocycles. The summed E-state index contributed by atoms with van der Waals surface area (Å²) in [5.41, 5.74) is 1.28. The van der Waals surface area contributed by atoms with E-state index in [4.69, 9.17) is 0 Å². The highest BCUT2D eigenvalue weighted by Crippen LogP contribution is 2.35. The molecule has 4 heteroatoms. The Morgan fingerprint density at radius 3 is 2.93 bits per heavy atom. The highest BCUT2D eigenvalue weighted by Gasteiger charge is 2.28. The lowest BCUT2D eigenvalue weighted by molar-refractivity contribution is 0.0617. The van der Waals surface area contributed by atoms with Crippen molar-refractivity contribution in [2.45, 2.75) is 50.4 Å². The first-order valence-corrected chi connectivity index (χ1v) is 5.75. The molecule has 0 amide bonds. The van der Waals surface area contributed by atoms with Crippen molar-refractivity contribution in [3.63, 3.8) is 0 Å². The second kappa shape index (κ2) is 3.61. The average molecular weight is 207 g/mol. The van der Waals surface area contributed by atoms with Crippen LogP contribution in [0.5, 0.6) is 0 Å². The third kappa shape index (κ3) is 1.92. The average Bonchev–Trinajstić information content (AvgIpc) is 2.92. The molecule has 0 spiro atoms. The number of imidazole rings is 1. The summed E-state index contributed by atoms with van der Waals surface area (Å²) in [6, 6.07) is 1.21. The van der Waals surface area contributed by atoms with Crippen molar-refractivity contribution in [2.75, 3.05) is 0 Å². The quantitative estimate of drug-likeness (QED) is 0.769. The van der Waals surface area contributed by atoms with E-state index in [2.05, 4.69) is 14.9 Å². The van der Waals surface area contributed by atoms with Gasteiger partial charge >= 0.3 is 0 Å². The molecule has 15 heavy (non-hydrogen) atoms. The normalized spacial score (nSPS) is 30.2. The minimum Gasteiger partial charge on any atom is -0.393 e. The molecular formula is C11H17N3O. The first-order valence-electron chi connectivity index (χ1n) is 5.75. The first kappa shape index (κ1) is 9.36. The molecule has 0 aromatic carbocycles. The van der Waals surface area contributed by atoms with Gasteiger partial charge in [0.1, 0.15) is 0 Å². The van der Waals surface area contributed by atoms with E-state index in [0.29, 0.717) is 12.1 Å². The van der Waals surface area contributed by atoms with Crippen molar-refractivity contribution >= 4 is 0 Å². The number of aliphatic hydroxyl groups excluding tert-OH is 1. The number of aromatic nitrogens is 2. The fraction of sp³-hybridized carbons (Fsp3) is 0.727. The van der Waals surface area contributed by atoms with Crippen LogP contribution in [0.4, 0.5) is 0 Å². The Labute approximate surface area is 89.3 Å². The van der Waals surface area contributed by atoms with Crippen molar-refractivity contribution in [1.82, 2.24) is 14.9 Å².